The number of nitrogen functional groups attached to an aromatic ring is 1. The van der Waals surface area contributed by atoms with Gasteiger partial charge in [-0.1, -0.05) is 0 Å². The number of carboxylic acid groups (broad SMARTS) is 1. The molecule has 6 heteroatoms. The minimum absolute atomic E-state index is 0.0217. The van der Waals surface area contributed by atoms with Gasteiger partial charge in [0.2, 0.25) is 0 Å². The van der Waals surface area contributed by atoms with Gasteiger partial charge in [0.05, 0.1) is 24.1 Å². The smallest absolute Gasteiger partial charge is 0.337 e. The minimum Gasteiger partial charge on any atom is -0.494 e. The summed E-state index contributed by atoms with van der Waals surface area (Å²) in [7, 11) is 0. The molecule has 1 heterocycles. The van der Waals surface area contributed by atoms with Crippen LogP contribution in [0.15, 0.2) is 36.5 Å². The van der Waals surface area contributed by atoms with E-state index >= 15 is 0 Å². The maximum Gasteiger partial charge on any atom is 0.337 e. The molecule has 0 spiro atoms. The van der Waals surface area contributed by atoms with Gasteiger partial charge in [-0.15, -0.1) is 0 Å². The molecule has 0 amide bonds. The van der Waals surface area contributed by atoms with Crippen LogP contribution in [-0.2, 0) is 0 Å². The van der Waals surface area contributed by atoms with Gasteiger partial charge in [0.25, 0.3) is 0 Å². The summed E-state index contributed by atoms with van der Waals surface area (Å²) >= 11 is 0. The van der Waals surface area contributed by atoms with Gasteiger partial charge in [-0.3, -0.25) is 0 Å². The van der Waals surface area contributed by atoms with Gasteiger partial charge in [0, 0.05) is 5.69 Å². The normalized spacial score (nSPS) is 10.1. The Morgan fingerprint density at radius 3 is 2.70 bits per heavy atom. The van der Waals surface area contributed by atoms with Gasteiger partial charge in [-0.2, -0.15) is 0 Å². The molecule has 0 aliphatic rings. The molecule has 0 atom stereocenters. The number of hydrogen-bond acceptors (Lipinski definition) is 5. The number of aromatic nitrogens is 1. The molecule has 0 fully saturated rings. The predicted molar refractivity (Wildman–Crippen MR) is 76.5 cm³/mol. The highest BCUT2D eigenvalue weighted by molar-refractivity contribution is 5.94. The second-order valence-electron chi connectivity index (χ2n) is 4.04. The van der Waals surface area contributed by atoms with Crippen molar-refractivity contribution >= 4 is 23.2 Å². The Kier molecular flexibility index (Phi) is 4.05. The fraction of sp³-hybridized carbons (Fsp3) is 0.143. The second kappa shape index (κ2) is 5.92. The number of pyridine rings is 1. The number of hydrogen-bond donors (Lipinski definition) is 3. The lowest BCUT2D eigenvalue weighted by molar-refractivity contribution is 0.0698. The van der Waals surface area contributed by atoms with Crippen molar-refractivity contribution in [3.63, 3.8) is 0 Å². The molecular weight excluding hydrogens is 258 g/mol. The molecule has 104 valence electrons. The molecule has 0 unspecified atom stereocenters. The average molecular weight is 273 g/mol. The minimum atomic E-state index is -1.08. The van der Waals surface area contributed by atoms with Crippen molar-refractivity contribution in [3.05, 3.63) is 42.1 Å². The van der Waals surface area contributed by atoms with E-state index in [2.05, 4.69) is 10.3 Å². The maximum absolute atomic E-state index is 11.0. The zero-order chi connectivity index (χ0) is 14.5. The molecule has 0 radical (unpaired) electrons. The van der Waals surface area contributed by atoms with E-state index in [9.17, 15) is 4.79 Å². The third-order valence-electron chi connectivity index (χ3n) is 2.60. The molecule has 0 bridgehead atoms. The molecule has 0 saturated heterocycles. The molecule has 20 heavy (non-hydrogen) atoms. The zero-order valence-electron chi connectivity index (χ0n) is 11.0. The summed E-state index contributed by atoms with van der Waals surface area (Å²) in [5.41, 5.74) is 6.48. The summed E-state index contributed by atoms with van der Waals surface area (Å²) in [5.74, 6) is 0.106. The Bertz CT molecular complexity index is 612. The Balaban J connectivity index is 2.17. The van der Waals surface area contributed by atoms with Crippen molar-refractivity contribution in [1.29, 1.82) is 0 Å². The fourth-order valence-corrected chi connectivity index (χ4v) is 1.67. The van der Waals surface area contributed by atoms with Gasteiger partial charge in [-0.05, 0) is 37.3 Å². The fourth-order valence-electron chi connectivity index (χ4n) is 1.67. The number of anilines is 3. The number of ether oxygens (including phenoxy) is 1. The van der Waals surface area contributed by atoms with E-state index in [1.165, 1.54) is 12.3 Å². The van der Waals surface area contributed by atoms with Crippen LogP contribution in [0.4, 0.5) is 17.2 Å². The van der Waals surface area contributed by atoms with E-state index in [4.69, 9.17) is 15.6 Å². The van der Waals surface area contributed by atoms with Crippen molar-refractivity contribution in [2.24, 2.45) is 0 Å². The lowest BCUT2D eigenvalue weighted by Crippen LogP contribution is -2.05. The molecule has 1 aromatic carbocycles. The van der Waals surface area contributed by atoms with Crippen LogP contribution in [0.3, 0.4) is 0 Å². The van der Waals surface area contributed by atoms with Crippen LogP contribution in [0.2, 0.25) is 0 Å². The maximum atomic E-state index is 11.0. The summed E-state index contributed by atoms with van der Waals surface area (Å²) < 4.78 is 5.34. The molecule has 6 nitrogen and oxygen atoms in total. The summed E-state index contributed by atoms with van der Waals surface area (Å²) in [6.07, 6.45) is 1.32. The Hall–Kier alpha value is -2.76. The summed E-state index contributed by atoms with van der Waals surface area (Å²) in [6, 6.07) is 8.68. The van der Waals surface area contributed by atoms with E-state index in [-0.39, 0.29) is 11.3 Å². The van der Waals surface area contributed by atoms with Gasteiger partial charge in [-0.25, -0.2) is 9.78 Å². The highest BCUT2D eigenvalue weighted by Gasteiger charge is 2.09. The zero-order valence-corrected chi connectivity index (χ0v) is 11.0. The van der Waals surface area contributed by atoms with Gasteiger partial charge < -0.3 is 20.9 Å². The first-order valence-corrected chi connectivity index (χ1v) is 6.09. The number of rotatable bonds is 5. The first-order chi connectivity index (χ1) is 9.60. The quantitative estimate of drug-likeness (QED) is 0.774. The molecule has 2 aromatic rings. The van der Waals surface area contributed by atoms with Crippen molar-refractivity contribution in [3.8, 4) is 5.75 Å². The number of benzene rings is 1. The lowest BCUT2D eigenvalue weighted by Gasteiger charge is -2.09. The van der Waals surface area contributed by atoms with Gasteiger partial charge in [0.15, 0.2) is 0 Å². The monoisotopic (exact) mass is 273 g/mol. The van der Waals surface area contributed by atoms with Gasteiger partial charge >= 0.3 is 5.97 Å². The number of carbonyl (C=O) groups is 1. The first-order valence-electron chi connectivity index (χ1n) is 6.09. The van der Waals surface area contributed by atoms with Crippen LogP contribution in [0.1, 0.15) is 17.3 Å². The highest BCUT2D eigenvalue weighted by atomic mass is 16.5. The van der Waals surface area contributed by atoms with Crippen molar-refractivity contribution in [2.75, 3.05) is 17.7 Å². The van der Waals surface area contributed by atoms with Crippen molar-refractivity contribution in [1.82, 2.24) is 4.98 Å². The van der Waals surface area contributed by atoms with E-state index in [0.717, 1.165) is 11.4 Å². The predicted octanol–water partition coefficient (Wildman–Crippen LogP) is 2.50. The Morgan fingerprint density at radius 2 is 2.10 bits per heavy atom. The number of aromatic carboxylic acids is 1. The molecule has 1 aromatic heterocycles. The van der Waals surface area contributed by atoms with E-state index < -0.39 is 5.97 Å². The SMILES string of the molecule is CCOc1ccc(Nc2cc(C(=O)O)c(N)cn2)cc1. The lowest BCUT2D eigenvalue weighted by atomic mass is 10.2. The largest absolute Gasteiger partial charge is 0.494 e. The molecule has 0 aliphatic carbocycles. The molecule has 2 rings (SSSR count). The summed E-state index contributed by atoms with van der Waals surface area (Å²) in [4.78, 5) is 15.0. The molecule has 0 aliphatic heterocycles. The van der Waals surface area contributed by atoms with Crippen LogP contribution in [0.5, 0.6) is 5.75 Å². The van der Waals surface area contributed by atoms with Crippen molar-refractivity contribution < 1.29 is 14.6 Å². The van der Waals surface area contributed by atoms with E-state index in [0.29, 0.717) is 12.4 Å². The van der Waals surface area contributed by atoms with E-state index in [1.807, 2.05) is 31.2 Å². The third kappa shape index (κ3) is 3.17. The topological polar surface area (TPSA) is 97.5 Å². The second-order valence-corrected chi connectivity index (χ2v) is 4.04. The number of nitrogens with one attached hydrogen (secondary N) is 1. The number of nitrogens with two attached hydrogens (primary N) is 1. The third-order valence-corrected chi connectivity index (χ3v) is 2.60. The first kappa shape index (κ1) is 13.7. The summed E-state index contributed by atoms with van der Waals surface area (Å²) in [5, 5.41) is 12.0. The molecule has 0 saturated carbocycles. The van der Waals surface area contributed by atoms with Crippen LogP contribution in [-0.4, -0.2) is 22.7 Å². The van der Waals surface area contributed by atoms with Gasteiger partial charge in [0.1, 0.15) is 11.6 Å². The number of nitrogens with zero attached hydrogens (tertiary/aromatic N) is 1. The Labute approximate surface area is 116 Å². The highest BCUT2D eigenvalue weighted by Crippen LogP contribution is 2.21. The number of carboxylic acids is 1. The van der Waals surface area contributed by atoms with Crippen molar-refractivity contribution in [2.45, 2.75) is 6.92 Å². The summed E-state index contributed by atoms with van der Waals surface area (Å²) in [6.45, 7) is 2.52. The molecular formula is C14H15N3O3. The Morgan fingerprint density at radius 1 is 1.40 bits per heavy atom. The van der Waals surface area contributed by atoms with Crippen LogP contribution < -0.4 is 15.8 Å². The van der Waals surface area contributed by atoms with Crippen LogP contribution in [0, 0.1) is 0 Å². The van der Waals surface area contributed by atoms with Crippen LogP contribution >= 0.6 is 0 Å². The van der Waals surface area contributed by atoms with Crippen LogP contribution in [0.25, 0.3) is 0 Å². The standard InChI is InChI=1S/C14H15N3O3/c1-2-20-10-5-3-9(4-6-10)17-13-7-11(14(18)19)12(15)8-16-13/h3-8H,2,15H2,1H3,(H,16,17)(H,18,19). The molecule has 4 N–H and O–H groups in total. The van der Waals surface area contributed by atoms with E-state index in [1.54, 1.807) is 0 Å². The average Bonchev–Trinajstić information content (AvgIpc) is 2.43.